The van der Waals surface area contributed by atoms with E-state index in [4.69, 9.17) is 4.74 Å². The van der Waals surface area contributed by atoms with E-state index < -0.39 is 21.2 Å². The predicted molar refractivity (Wildman–Crippen MR) is 110 cm³/mol. The fourth-order valence-electron chi connectivity index (χ4n) is 3.23. The summed E-state index contributed by atoms with van der Waals surface area (Å²) in [4.78, 5) is 17.1. The molecule has 1 N–H and O–H groups in total. The van der Waals surface area contributed by atoms with Crippen molar-refractivity contribution in [2.75, 3.05) is 11.3 Å². The average Bonchev–Trinajstić information content (AvgIpc) is 3.45. The number of ether oxygens (including phenoxy) is 1. The van der Waals surface area contributed by atoms with Gasteiger partial charge < -0.3 is 4.74 Å². The van der Waals surface area contributed by atoms with Gasteiger partial charge in [-0.2, -0.15) is 9.78 Å². The number of rotatable bonds is 6. The number of fused-ring (bicyclic) bond motifs is 1. The van der Waals surface area contributed by atoms with Crippen LogP contribution in [0.15, 0.2) is 30.5 Å². The number of pyridine rings is 1. The topological polar surface area (TPSA) is 103 Å². The Labute approximate surface area is 168 Å². The molecule has 8 nitrogen and oxygen atoms in total. The molecule has 1 saturated carbocycles. The maximum absolute atomic E-state index is 12.6. The molecular formula is C20H22N4O4S. The molecule has 0 amide bonds. The van der Waals surface area contributed by atoms with Gasteiger partial charge >= 0.3 is 5.97 Å². The van der Waals surface area contributed by atoms with Crippen molar-refractivity contribution in [2.24, 2.45) is 0 Å². The first-order valence-electron chi connectivity index (χ1n) is 9.46. The number of hydrogen-bond acceptors (Lipinski definition) is 6. The van der Waals surface area contributed by atoms with E-state index in [9.17, 15) is 13.2 Å². The minimum atomic E-state index is -3.62. The molecule has 2 heterocycles. The normalized spacial score (nSPS) is 14.2. The number of aryl methyl sites for hydroxylation is 2. The van der Waals surface area contributed by atoms with E-state index >= 15 is 0 Å². The lowest BCUT2D eigenvalue weighted by Gasteiger charge is -2.13. The number of sulfonamides is 1. The van der Waals surface area contributed by atoms with Gasteiger partial charge in [0.1, 0.15) is 5.56 Å². The minimum Gasteiger partial charge on any atom is -0.462 e. The molecule has 1 fully saturated rings. The van der Waals surface area contributed by atoms with Crippen LogP contribution in [-0.2, 0) is 14.8 Å². The van der Waals surface area contributed by atoms with E-state index in [1.54, 1.807) is 6.92 Å². The Hall–Kier alpha value is -2.94. The number of anilines is 1. The van der Waals surface area contributed by atoms with Crippen molar-refractivity contribution < 1.29 is 17.9 Å². The number of hydrogen-bond donors (Lipinski definition) is 1. The molecule has 0 spiro atoms. The van der Waals surface area contributed by atoms with E-state index in [2.05, 4.69) is 14.8 Å². The summed E-state index contributed by atoms with van der Waals surface area (Å²) in [6.07, 6.45) is 2.51. The number of carbonyl (C=O) groups is 1. The number of nitrogens with one attached hydrogen (secondary N) is 1. The maximum Gasteiger partial charge on any atom is 0.343 e. The molecular weight excluding hydrogens is 392 g/mol. The van der Waals surface area contributed by atoms with Crippen molar-refractivity contribution in [3.8, 4) is 5.82 Å². The van der Waals surface area contributed by atoms with Gasteiger partial charge in [-0.3, -0.25) is 4.72 Å². The fourth-order valence-corrected chi connectivity index (χ4v) is 4.62. The Bertz CT molecular complexity index is 1210. The second kappa shape index (κ2) is 7.14. The van der Waals surface area contributed by atoms with Gasteiger partial charge in [-0.1, -0.05) is 18.2 Å². The van der Waals surface area contributed by atoms with Gasteiger partial charge in [-0.05, 0) is 50.8 Å². The van der Waals surface area contributed by atoms with Crippen LogP contribution in [0.3, 0.4) is 0 Å². The van der Waals surface area contributed by atoms with Crippen molar-refractivity contribution >= 4 is 32.7 Å². The molecule has 1 aliphatic rings. The van der Waals surface area contributed by atoms with Crippen molar-refractivity contribution in [3.05, 3.63) is 47.2 Å². The molecule has 0 saturated heterocycles. The lowest BCUT2D eigenvalue weighted by Crippen LogP contribution is -2.22. The molecule has 0 bridgehead atoms. The molecule has 1 aliphatic carbocycles. The number of nitrogens with zero attached hydrogens (tertiary/aromatic N) is 3. The highest BCUT2D eigenvalue weighted by molar-refractivity contribution is 7.93. The van der Waals surface area contributed by atoms with Crippen LogP contribution < -0.4 is 4.72 Å². The summed E-state index contributed by atoms with van der Waals surface area (Å²) >= 11 is 0. The number of para-hydroxylation sites is 1. The molecule has 3 aromatic rings. The van der Waals surface area contributed by atoms with Gasteiger partial charge in [0.2, 0.25) is 10.0 Å². The molecule has 1 aromatic carbocycles. The van der Waals surface area contributed by atoms with Crippen LogP contribution in [0.4, 0.5) is 5.82 Å². The van der Waals surface area contributed by atoms with Crippen molar-refractivity contribution in [3.63, 3.8) is 0 Å². The molecule has 29 heavy (non-hydrogen) atoms. The third-order valence-electron chi connectivity index (χ3n) is 4.92. The quantitative estimate of drug-likeness (QED) is 0.622. The Balaban J connectivity index is 1.88. The number of aromatic nitrogens is 3. The number of esters is 1. The smallest absolute Gasteiger partial charge is 0.343 e. The van der Waals surface area contributed by atoms with Gasteiger partial charge in [0.15, 0.2) is 11.6 Å². The molecule has 4 rings (SSSR count). The second-order valence-corrected chi connectivity index (χ2v) is 9.11. The summed E-state index contributed by atoms with van der Waals surface area (Å²) in [5.74, 6) is -0.163. The first kappa shape index (κ1) is 19.4. The summed E-state index contributed by atoms with van der Waals surface area (Å²) in [6, 6.07) is 7.73. The predicted octanol–water partition coefficient (Wildman–Crippen LogP) is 3.12. The lowest BCUT2D eigenvalue weighted by atomic mass is 10.1. The molecule has 9 heteroatoms. The molecule has 2 aromatic heterocycles. The van der Waals surface area contributed by atoms with Gasteiger partial charge in [-0.25, -0.2) is 18.2 Å². The van der Waals surface area contributed by atoms with Crippen LogP contribution in [0, 0.1) is 13.8 Å². The first-order valence-corrected chi connectivity index (χ1v) is 11.0. The monoisotopic (exact) mass is 414 g/mol. The Morgan fingerprint density at radius 3 is 2.72 bits per heavy atom. The van der Waals surface area contributed by atoms with Crippen LogP contribution in [0.2, 0.25) is 0 Å². The SMILES string of the molecule is CCOC(=O)c1cnn(-c2cc(C)c3cccc(C)c3n2)c1NS(=O)(=O)C1CC1. The molecule has 0 atom stereocenters. The summed E-state index contributed by atoms with van der Waals surface area (Å²) < 4.78 is 34.1. The largest absolute Gasteiger partial charge is 0.462 e. The maximum atomic E-state index is 12.6. The highest BCUT2D eigenvalue weighted by Crippen LogP contribution is 2.32. The molecule has 0 radical (unpaired) electrons. The fraction of sp³-hybridized carbons (Fsp3) is 0.350. The number of carbonyl (C=O) groups excluding carboxylic acids is 1. The standard InChI is InChI=1S/C20H22N4O4S/c1-4-28-20(25)16-11-21-24(19(16)23-29(26,27)14-8-9-14)17-10-13(3)15-7-5-6-12(2)18(15)22-17/h5-7,10-11,14,23H,4,8-9H2,1-3H3. The van der Waals surface area contributed by atoms with Crippen LogP contribution >= 0.6 is 0 Å². The van der Waals surface area contributed by atoms with Gasteiger partial charge in [0.25, 0.3) is 0 Å². The van der Waals surface area contributed by atoms with Crippen LogP contribution in [-0.4, -0.2) is 41.0 Å². The Kier molecular flexibility index (Phi) is 4.77. The van der Waals surface area contributed by atoms with Gasteiger partial charge in [-0.15, -0.1) is 0 Å². The summed E-state index contributed by atoms with van der Waals surface area (Å²) in [5.41, 5.74) is 2.82. The summed E-state index contributed by atoms with van der Waals surface area (Å²) in [7, 11) is -3.62. The lowest BCUT2D eigenvalue weighted by molar-refractivity contribution is 0.0527. The molecule has 0 aliphatic heterocycles. The van der Waals surface area contributed by atoms with E-state index in [1.807, 2.05) is 38.1 Å². The van der Waals surface area contributed by atoms with E-state index in [-0.39, 0.29) is 18.0 Å². The van der Waals surface area contributed by atoms with Crippen LogP contribution in [0.5, 0.6) is 0 Å². The molecule has 0 unspecified atom stereocenters. The van der Waals surface area contributed by atoms with E-state index in [0.717, 1.165) is 22.0 Å². The van der Waals surface area contributed by atoms with Crippen LogP contribution in [0.25, 0.3) is 16.7 Å². The Morgan fingerprint density at radius 2 is 2.03 bits per heavy atom. The van der Waals surface area contributed by atoms with E-state index in [1.165, 1.54) is 10.9 Å². The zero-order valence-corrected chi connectivity index (χ0v) is 17.3. The van der Waals surface area contributed by atoms with Crippen molar-refractivity contribution in [1.82, 2.24) is 14.8 Å². The second-order valence-electron chi connectivity index (χ2n) is 7.15. The van der Waals surface area contributed by atoms with E-state index in [0.29, 0.717) is 18.7 Å². The Morgan fingerprint density at radius 1 is 1.28 bits per heavy atom. The average molecular weight is 414 g/mol. The minimum absolute atomic E-state index is 0.0511. The highest BCUT2D eigenvalue weighted by atomic mass is 32.2. The molecule has 152 valence electrons. The highest BCUT2D eigenvalue weighted by Gasteiger charge is 2.37. The van der Waals surface area contributed by atoms with Gasteiger partial charge in [0, 0.05) is 5.39 Å². The zero-order chi connectivity index (χ0) is 20.8. The van der Waals surface area contributed by atoms with Crippen molar-refractivity contribution in [1.29, 1.82) is 0 Å². The first-order chi connectivity index (χ1) is 13.8. The third kappa shape index (κ3) is 3.57. The van der Waals surface area contributed by atoms with Gasteiger partial charge in [0.05, 0.1) is 23.6 Å². The summed E-state index contributed by atoms with van der Waals surface area (Å²) in [6.45, 7) is 5.78. The van der Waals surface area contributed by atoms with Crippen molar-refractivity contribution in [2.45, 2.75) is 38.9 Å². The zero-order valence-electron chi connectivity index (χ0n) is 16.5. The third-order valence-corrected chi connectivity index (χ3v) is 6.75. The van der Waals surface area contributed by atoms with Crippen LogP contribution in [0.1, 0.15) is 41.3 Å². The summed E-state index contributed by atoms with van der Waals surface area (Å²) in [5, 5.41) is 4.81. The number of benzene rings is 1.